The zero-order chi connectivity index (χ0) is 16.7. The number of terminal acetylenes is 1. The average molecular weight is 437 g/mol. The zero-order valence-corrected chi connectivity index (χ0v) is 16.7. The van der Waals surface area contributed by atoms with Gasteiger partial charge in [-0.3, -0.25) is 0 Å². The molecule has 0 atom stereocenters. The van der Waals surface area contributed by atoms with Crippen LogP contribution >= 0.6 is 24.0 Å². The summed E-state index contributed by atoms with van der Waals surface area (Å²) in [6, 6.07) is 10.2. The van der Waals surface area contributed by atoms with Gasteiger partial charge in [-0.15, -0.1) is 30.4 Å². The molecular weight excluding hydrogens is 413 g/mol. The Morgan fingerprint density at radius 3 is 2.67 bits per heavy atom. The van der Waals surface area contributed by atoms with Gasteiger partial charge in [0.25, 0.3) is 0 Å². The number of para-hydroxylation sites is 1. The van der Waals surface area contributed by atoms with Crippen LogP contribution in [0.5, 0.6) is 0 Å². The summed E-state index contributed by atoms with van der Waals surface area (Å²) in [6.45, 7) is 7.86. The van der Waals surface area contributed by atoms with E-state index in [1.54, 1.807) is 0 Å². The van der Waals surface area contributed by atoms with Crippen molar-refractivity contribution < 1.29 is 0 Å². The van der Waals surface area contributed by atoms with Crippen molar-refractivity contribution >= 4 is 29.9 Å². The maximum absolute atomic E-state index is 5.29. The molecule has 0 spiro atoms. The van der Waals surface area contributed by atoms with Gasteiger partial charge < -0.3 is 10.6 Å². The van der Waals surface area contributed by atoms with Gasteiger partial charge in [-0.2, -0.15) is 5.10 Å². The first-order chi connectivity index (χ1) is 11.2. The summed E-state index contributed by atoms with van der Waals surface area (Å²) >= 11 is 0. The van der Waals surface area contributed by atoms with E-state index in [1.807, 2.05) is 30.7 Å². The van der Waals surface area contributed by atoms with E-state index in [-0.39, 0.29) is 24.0 Å². The number of aryl methyl sites for hydroxylation is 2. The van der Waals surface area contributed by atoms with E-state index >= 15 is 0 Å². The lowest BCUT2D eigenvalue weighted by Gasteiger charge is -2.12. The summed E-state index contributed by atoms with van der Waals surface area (Å²) in [7, 11) is 0. The number of benzene rings is 1. The van der Waals surface area contributed by atoms with E-state index in [0.29, 0.717) is 19.0 Å². The second-order valence-corrected chi connectivity index (χ2v) is 5.22. The van der Waals surface area contributed by atoms with Crippen molar-refractivity contribution in [3.8, 4) is 18.0 Å². The number of aromatic nitrogens is 2. The van der Waals surface area contributed by atoms with Gasteiger partial charge in [-0.25, -0.2) is 9.67 Å². The molecule has 0 aliphatic carbocycles. The number of halogens is 1. The topological polar surface area (TPSA) is 54.2 Å². The van der Waals surface area contributed by atoms with Crippen LogP contribution in [0.25, 0.3) is 5.69 Å². The van der Waals surface area contributed by atoms with Gasteiger partial charge in [-0.1, -0.05) is 24.1 Å². The Morgan fingerprint density at radius 2 is 2.04 bits per heavy atom. The summed E-state index contributed by atoms with van der Waals surface area (Å²) in [5, 5.41) is 10.8. The quantitative estimate of drug-likeness (QED) is 0.328. The van der Waals surface area contributed by atoms with Crippen LogP contribution in [0, 0.1) is 26.2 Å². The third kappa shape index (κ3) is 5.27. The molecule has 6 heteroatoms. The molecule has 2 aromatic rings. The molecule has 5 nitrogen and oxygen atoms in total. The van der Waals surface area contributed by atoms with E-state index < -0.39 is 0 Å². The largest absolute Gasteiger partial charge is 0.357 e. The SMILES string of the molecule is C#CCNC(=NCc1ccccc1-n1nc(C)cc1C)NCC.I. The first-order valence-electron chi connectivity index (χ1n) is 7.73. The standard InChI is InChI=1S/C18H23N5.HI/c1-5-11-20-18(19-6-2)21-13-16-9-7-8-10-17(16)23-15(4)12-14(3)22-23;/h1,7-10,12H,6,11,13H2,2-4H3,(H2,19,20,21);1H. The average Bonchev–Trinajstić information content (AvgIpc) is 2.88. The highest BCUT2D eigenvalue weighted by atomic mass is 127. The fourth-order valence-electron chi connectivity index (χ4n) is 2.36. The molecule has 128 valence electrons. The summed E-state index contributed by atoms with van der Waals surface area (Å²) in [6.07, 6.45) is 5.29. The summed E-state index contributed by atoms with van der Waals surface area (Å²) < 4.78 is 1.96. The van der Waals surface area contributed by atoms with Crippen molar-refractivity contribution in [3.05, 3.63) is 47.3 Å². The number of hydrogen-bond acceptors (Lipinski definition) is 2. The molecule has 1 aromatic heterocycles. The molecule has 0 aliphatic heterocycles. The van der Waals surface area contributed by atoms with Gasteiger partial charge in [0.2, 0.25) is 0 Å². The molecule has 0 fully saturated rings. The van der Waals surface area contributed by atoms with Crippen LogP contribution in [0.2, 0.25) is 0 Å². The molecule has 0 aliphatic rings. The Bertz CT molecular complexity index is 727. The van der Waals surface area contributed by atoms with Gasteiger partial charge in [0.1, 0.15) is 0 Å². The fourth-order valence-corrected chi connectivity index (χ4v) is 2.36. The zero-order valence-electron chi connectivity index (χ0n) is 14.3. The van der Waals surface area contributed by atoms with E-state index in [9.17, 15) is 0 Å². The van der Waals surface area contributed by atoms with Crippen molar-refractivity contribution in [2.24, 2.45) is 4.99 Å². The number of rotatable bonds is 5. The predicted molar refractivity (Wildman–Crippen MR) is 110 cm³/mol. The minimum atomic E-state index is 0. The Balaban J connectivity index is 0.00000288. The van der Waals surface area contributed by atoms with Crippen molar-refractivity contribution in [1.29, 1.82) is 0 Å². The lowest BCUT2D eigenvalue weighted by molar-refractivity contribution is 0.812. The smallest absolute Gasteiger partial charge is 0.192 e. The molecular formula is C18H24IN5. The Kier molecular flexibility index (Phi) is 8.33. The van der Waals surface area contributed by atoms with E-state index in [1.165, 1.54) is 0 Å². The van der Waals surface area contributed by atoms with Gasteiger partial charge in [0, 0.05) is 12.2 Å². The lowest BCUT2D eigenvalue weighted by Crippen LogP contribution is -2.37. The van der Waals surface area contributed by atoms with Crippen LogP contribution in [0.4, 0.5) is 0 Å². The molecule has 0 radical (unpaired) electrons. The number of guanidine groups is 1. The van der Waals surface area contributed by atoms with Crippen molar-refractivity contribution in [1.82, 2.24) is 20.4 Å². The lowest BCUT2D eigenvalue weighted by atomic mass is 10.2. The van der Waals surface area contributed by atoms with Crippen LogP contribution in [0.3, 0.4) is 0 Å². The second kappa shape index (κ2) is 9.98. The van der Waals surface area contributed by atoms with Gasteiger partial charge in [0.05, 0.1) is 24.5 Å². The second-order valence-electron chi connectivity index (χ2n) is 5.22. The van der Waals surface area contributed by atoms with Crippen LogP contribution in [-0.2, 0) is 6.54 Å². The van der Waals surface area contributed by atoms with Crippen LogP contribution in [0.1, 0.15) is 23.9 Å². The molecule has 0 bridgehead atoms. The predicted octanol–water partition coefficient (Wildman–Crippen LogP) is 2.80. The third-order valence-electron chi connectivity index (χ3n) is 3.34. The van der Waals surface area contributed by atoms with Crippen molar-refractivity contribution in [2.45, 2.75) is 27.3 Å². The molecule has 0 unspecified atom stereocenters. The Labute approximate surface area is 161 Å². The molecule has 1 aromatic carbocycles. The van der Waals surface area contributed by atoms with Crippen LogP contribution in [-0.4, -0.2) is 28.8 Å². The minimum absolute atomic E-state index is 0. The molecule has 0 saturated heterocycles. The Morgan fingerprint density at radius 1 is 1.29 bits per heavy atom. The van der Waals surface area contributed by atoms with Crippen molar-refractivity contribution in [3.63, 3.8) is 0 Å². The van der Waals surface area contributed by atoms with Crippen molar-refractivity contribution in [2.75, 3.05) is 13.1 Å². The number of aliphatic imine (C=N–C) groups is 1. The molecule has 2 rings (SSSR count). The van der Waals surface area contributed by atoms with Gasteiger partial charge >= 0.3 is 0 Å². The molecule has 2 N–H and O–H groups in total. The van der Waals surface area contributed by atoms with E-state index in [4.69, 9.17) is 6.42 Å². The summed E-state index contributed by atoms with van der Waals surface area (Å²) in [5.74, 6) is 3.27. The molecule has 1 heterocycles. The van der Waals surface area contributed by atoms with Crippen LogP contribution < -0.4 is 10.6 Å². The maximum atomic E-state index is 5.29. The van der Waals surface area contributed by atoms with E-state index in [2.05, 4.69) is 51.8 Å². The van der Waals surface area contributed by atoms with E-state index in [0.717, 1.165) is 29.2 Å². The molecule has 0 amide bonds. The summed E-state index contributed by atoms with van der Waals surface area (Å²) in [5.41, 5.74) is 4.27. The normalized spacial score (nSPS) is 10.7. The van der Waals surface area contributed by atoms with Gasteiger partial charge in [-0.05, 0) is 38.5 Å². The first kappa shape index (κ1) is 20.0. The highest BCUT2D eigenvalue weighted by Crippen LogP contribution is 2.17. The first-order valence-corrected chi connectivity index (χ1v) is 7.73. The summed E-state index contributed by atoms with van der Waals surface area (Å²) in [4.78, 5) is 4.60. The minimum Gasteiger partial charge on any atom is -0.357 e. The monoisotopic (exact) mass is 437 g/mol. The highest BCUT2D eigenvalue weighted by Gasteiger charge is 2.08. The Hall–Kier alpha value is -2.01. The maximum Gasteiger partial charge on any atom is 0.192 e. The number of nitrogens with zero attached hydrogens (tertiary/aromatic N) is 3. The fraction of sp³-hybridized carbons (Fsp3) is 0.333. The molecule has 0 saturated carbocycles. The number of nitrogens with one attached hydrogen (secondary N) is 2. The molecule has 24 heavy (non-hydrogen) atoms. The van der Waals surface area contributed by atoms with Gasteiger partial charge in [0.15, 0.2) is 5.96 Å². The number of hydrogen-bond donors (Lipinski definition) is 2. The van der Waals surface area contributed by atoms with Crippen LogP contribution in [0.15, 0.2) is 35.3 Å². The third-order valence-corrected chi connectivity index (χ3v) is 3.34. The highest BCUT2D eigenvalue weighted by molar-refractivity contribution is 14.0.